The van der Waals surface area contributed by atoms with Crippen molar-refractivity contribution in [2.75, 3.05) is 26.2 Å². The molecule has 2 aliphatic heterocycles. The fourth-order valence-electron chi connectivity index (χ4n) is 2.67. The second-order valence-electron chi connectivity index (χ2n) is 5.76. The number of urea groups is 1. The van der Waals surface area contributed by atoms with E-state index in [9.17, 15) is 4.79 Å². The molecule has 0 aromatic heterocycles. The lowest BCUT2D eigenvalue weighted by Crippen LogP contribution is -2.59. The zero-order valence-corrected chi connectivity index (χ0v) is 11.3. The molecule has 2 amide bonds. The molecule has 0 radical (unpaired) electrons. The quantitative estimate of drug-likeness (QED) is 0.695. The van der Waals surface area contributed by atoms with Crippen LogP contribution < -0.4 is 5.32 Å². The van der Waals surface area contributed by atoms with E-state index in [1.54, 1.807) is 0 Å². The molecule has 2 heterocycles. The van der Waals surface area contributed by atoms with Gasteiger partial charge in [-0.05, 0) is 32.6 Å². The van der Waals surface area contributed by atoms with Gasteiger partial charge in [0.2, 0.25) is 0 Å². The van der Waals surface area contributed by atoms with Crippen LogP contribution in [0.1, 0.15) is 33.6 Å². The van der Waals surface area contributed by atoms with E-state index in [4.69, 9.17) is 0 Å². The lowest BCUT2D eigenvalue weighted by Gasteiger charge is -2.41. The van der Waals surface area contributed by atoms with Gasteiger partial charge in [0.25, 0.3) is 0 Å². The van der Waals surface area contributed by atoms with Gasteiger partial charge in [0, 0.05) is 38.3 Å². The maximum atomic E-state index is 12.4. The Balaban J connectivity index is 1.94. The van der Waals surface area contributed by atoms with Crippen molar-refractivity contribution < 1.29 is 4.79 Å². The molecule has 0 aliphatic carbocycles. The number of piperidine rings is 1. The smallest absolute Gasteiger partial charge is 0.320 e. The van der Waals surface area contributed by atoms with Gasteiger partial charge in [-0.25, -0.2) is 4.79 Å². The standard InChI is InChI=1S/C13H25N3O/c1-10-4-6-15(7-5-10)13(17)16-9-11(2)14-8-12(16)3/h10-12,14H,4-9H2,1-3H3. The molecule has 0 saturated carbocycles. The average Bonchev–Trinajstić information content (AvgIpc) is 2.32. The van der Waals surface area contributed by atoms with Crippen LogP contribution in [0.5, 0.6) is 0 Å². The summed E-state index contributed by atoms with van der Waals surface area (Å²) in [5.74, 6) is 0.776. The third-order valence-corrected chi connectivity index (χ3v) is 4.06. The molecular formula is C13H25N3O. The minimum Gasteiger partial charge on any atom is -0.325 e. The fourth-order valence-corrected chi connectivity index (χ4v) is 2.67. The largest absolute Gasteiger partial charge is 0.325 e. The predicted octanol–water partition coefficient (Wildman–Crippen LogP) is 1.52. The molecule has 98 valence electrons. The van der Waals surface area contributed by atoms with Crippen LogP contribution >= 0.6 is 0 Å². The number of carbonyl (C=O) groups excluding carboxylic acids is 1. The van der Waals surface area contributed by atoms with E-state index in [2.05, 4.69) is 26.1 Å². The Kier molecular flexibility index (Phi) is 3.92. The van der Waals surface area contributed by atoms with Gasteiger partial charge in [-0.3, -0.25) is 0 Å². The van der Waals surface area contributed by atoms with E-state index in [1.165, 1.54) is 0 Å². The molecule has 1 N–H and O–H groups in total. The van der Waals surface area contributed by atoms with Gasteiger partial charge in [-0.1, -0.05) is 6.92 Å². The van der Waals surface area contributed by atoms with Gasteiger partial charge in [-0.2, -0.15) is 0 Å². The highest BCUT2D eigenvalue weighted by Crippen LogP contribution is 2.19. The molecule has 0 spiro atoms. The topological polar surface area (TPSA) is 35.6 Å². The van der Waals surface area contributed by atoms with E-state index in [0.717, 1.165) is 44.9 Å². The third-order valence-electron chi connectivity index (χ3n) is 4.06. The van der Waals surface area contributed by atoms with E-state index >= 15 is 0 Å². The van der Waals surface area contributed by atoms with Gasteiger partial charge >= 0.3 is 6.03 Å². The number of likely N-dealkylation sites (tertiary alicyclic amines) is 1. The normalized spacial score (nSPS) is 31.7. The summed E-state index contributed by atoms with van der Waals surface area (Å²) in [6.07, 6.45) is 2.31. The molecule has 2 rings (SSSR count). The van der Waals surface area contributed by atoms with Crippen molar-refractivity contribution in [2.45, 2.75) is 45.7 Å². The van der Waals surface area contributed by atoms with Crippen molar-refractivity contribution in [1.29, 1.82) is 0 Å². The highest BCUT2D eigenvalue weighted by molar-refractivity contribution is 5.75. The molecule has 2 saturated heterocycles. The number of piperazine rings is 1. The maximum Gasteiger partial charge on any atom is 0.320 e. The lowest BCUT2D eigenvalue weighted by molar-refractivity contribution is 0.103. The first-order chi connectivity index (χ1) is 8.08. The highest BCUT2D eigenvalue weighted by Gasteiger charge is 2.31. The van der Waals surface area contributed by atoms with Crippen molar-refractivity contribution in [3.05, 3.63) is 0 Å². The molecule has 0 aromatic rings. The Bertz CT molecular complexity index is 274. The first-order valence-corrected chi connectivity index (χ1v) is 6.87. The van der Waals surface area contributed by atoms with Crippen LogP contribution in [-0.2, 0) is 0 Å². The number of amides is 2. The SMILES string of the molecule is CC1CCN(C(=O)N2CC(C)NCC2C)CC1. The van der Waals surface area contributed by atoms with E-state index in [0.29, 0.717) is 12.1 Å². The van der Waals surface area contributed by atoms with Gasteiger partial charge in [0.05, 0.1) is 0 Å². The molecule has 2 aliphatic rings. The van der Waals surface area contributed by atoms with Gasteiger partial charge < -0.3 is 15.1 Å². The zero-order valence-electron chi connectivity index (χ0n) is 11.3. The zero-order chi connectivity index (χ0) is 12.4. The minimum atomic E-state index is 0.248. The van der Waals surface area contributed by atoms with Crippen LogP contribution in [-0.4, -0.2) is 54.1 Å². The highest BCUT2D eigenvalue weighted by atomic mass is 16.2. The van der Waals surface area contributed by atoms with Crippen molar-refractivity contribution in [2.24, 2.45) is 5.92 Å². The monoisotopic (exact) mass is 239 g/mol. The number of rotatable bonds is 0. The molecule has 4 nitrogen and oxygen atoms in total. The summed E-state index contributed by atoms with van der Waals surface area (Å²) in [7, 11) is 0. The Morgan fingerprint density at radius 3 is 2.47 bits per heavy atom. The maximum absolute atomic E-state index is 12.4. The average molecular weight is 239 g/mol. The number of hydrogen-bond donors (Lipinski definition) is 1. The summed E-state index contributed by atoms with van der Waals surface area (Å²) in [4.78, 5) is 16.5. The Morgan fingerprint density at radius 1 is 1.18 bits per heavy atom. The van der Waals surface area contributed by atoms with E-state index in [1.807, 2.05) is 9.80 Å². The summed E-state index contributed by atoms with van der Waals surface area (Å²) in [6, 6.07) is 0.981. The molecule has 0 aromatic carbocycles. The minimum absolute atomic E-state index is 0.248. The summed E-state index contributed by atoms with van der Waals surface area (Å²) >= 11 is 0. The van der Waals surface area contributed by atoms with Crippen LogP contribution in [0, 0.1) is 5.92 Å². The van der Waals surface area contributed by atoms with Crippen LogP contribution in [0.4, 0.5) is 4.79 Å². The fraction of sp³-hybridized carbons (Fsp3) is 0.923. The third kappa shape index (κ3) is 2.92. The molecule has 2 unspecified atom stereocenters. The van der Waals surface area contributed by atoms with Crippen molar-refractivity contribution >= 4 is 6.03 Å². The number of nitrogens with one attached hydrogen (secondary N) is 1. The number of hydrogen-bond acceptors (Lipinski definition) is 2. The van der Waals surface area contributed by atoms with Gasteiger partial charge in [0.15, 0.2) is 0 Å². The molecule has 17 heavy (non-hydrogen) atoms. The molecule has 4 heteroatoms. The summed E-state index contributed by atoms with van der Waals surface area (Å²) in [5.41, 5.74) is 0. The summed E-state index contributed by atoms with van der Waals surface area (Å²) < 4.78 is 0. The van der Waals surface area contributed by atoms with Crippen molar-refractivity contribution in [3.8, 4) is 0 Å². The van der Waals surface area contributed by atoms with Crippen LogP contribution in [0.25, 0.3) is 0 Å². The number of carbonyl (C=O) groups is 1. The van der Waals surface area contributed by atoms with E-state index < -0.39 is 0 Å². The van der Waals surface area contributed by atoms with Crippen LogP contribution in [0.2, 0.25) is 0 Å². The second kappa shape index (κ2) is 5.25. The first-order valence-electron chi connectivity index (χ1n) is 6.87. The van der Waals surface area contributed by atoms with Crippen LogP contribution in [0.3, 0.4) is 0 Å². The van der Waals surface area contributed by atoms with E-state index in [-0.39, 0.29) is 6.03 Å². The van der Waals surface area contributed by atoms with Gasteiger partial charge in [0.1, 0.15) is 0 Å². The summed E-state index contributed by atoms with van der Waals surface area (Å²) in [5, 5.41) is 3.41. The lowest BCUT2D eigenvalue weighted by atomic mass is 9.99. The van der Waals surface area contributed by atoms with Crippen LogP contribution in [0.15, 0.2) is 0 Å². The van der Waals surface area contributed by atoms with Crippen molar-refractivity contribution in [3.63, 3.8) is 0 Å². The molecule has 2 atom stereocenters. The second-order valence-corrected chi connectivity index (χ2v) is 5.76. The van der Waals surface area contributed by atoms with Crippen molar-refractivity contribution in [1.82, 2.24) is 15.1 Å². The predicted molar refractivity (Wildman–Crippen MR) is 69.0 cm³/mol. The Morgan fingerprint density at radius 2 is 1.82 bits per heavy atom. The molecular weight excluding hydrogens is 214 g/mol. The Hall–Kier alpha value is -0.770. The van der Waals surface area contributed by atoms with Gasteiger partial charge in [-0.15, -0.1) is 0 Å². The number of nitrogens with zero attached hydrogens (tertiary/aromatic N) is 2. The first kappa shape index (κ1) is 12.7. The summed E-state index contributed by atoms with van der Waals surface area (Å²) in [6.45, 7) is 10.2. The Labute approximate surface area is 104 Å². The molecule has 2 fully saturated rings. The molecule has 0 bridgehead atoms.